The standard InChI is InChI=1S/C24H31N2O5P/c1-3-22-21(16-24(25)27)20-15-19(30-13-8-14-32(28,29)31-4-2)11-12-23(20)26(22)17-18-9-6-5-7-10-18/h5-7,9-12,15H,3-4,8,13-14,16-17H2,1-2H3,(H2,25,27)(H,28,29). The number of fused-ring (bicyclic) bond motifs is 1. The van der Waals surface area contributed by atoms with Gasteiger partial charge in [-0.1, -0.05) is 37.3 Å². The Morgan fingerprint density at radius 1 is 1.16 bits per heavy atom. The van der Waals surface area contributed by atoms with Gasteiger partial charge in [-0.05, 0) is 49.1 Å². The Bertz CT molecular complexity index is 1110. The van der Waals surface area contributed by atoms with Gasteiger partial charge >= 0.3 is 7.60 Å². The Morgan fingerprint density at radius 2 is 1.91 bits per heavy atom. The Morgan fingerprint density at radius 3 is 2.56 bits per heavy atom. The Balaban J connectivity index is 1.88. The molecule has 1 atom stereocenters. The molecule has 172 valence electrons. The van der Waals surface area contributed by atoms with Gasteiger partial charge in [0.25, 0.3) is 0 Å². The molecule has 0 spiro atoms. The predicted molar refractivity (Wildman–Crippen MR) is 126 cm³/mol. The third-order valence-electron chi connectivity index (χ3n) is 5.31. The van der Waals surface area contributed by atoms with E-state index in [1.807, 2.05) is 36.4 Å². The fourth-order valence-electron chi connectivity index (χ4n) is 3.99. The minimum Gasteiger partial charge on any atom is -0.494 e. The number of aromatic nitrogens is 1. The van der Waals surface area contributed by atoms with Gasteiger partial charge in [0.1, 0.15) is 5.75 Å². The smallest absolute Gasteiger partial charge is 0.328 e. The molecule has 2 aromatic carbocycles. The summed E-state index contributed by atoms with van der Waals surface area (Å²) in [6.45, 7) is 4.95. The molecule has 1 amide bonds. The number of carbonyl (C=O) groups excluding carboxylic acids is 1. The molecule has 1 heterocycles. The number of amides is 1. The van der Waals surface area contributed by atoms with E-state index in [-0.39, 0.29) is 25.1 Å². The molecule has 0 aliphatic heterocycles. The molecule has 3 rings (SSSR count). The highest BCUT2D eigenvalue weighted by Crippen LogP contribution is 2.42. The van der Waals surface area contributed by atoms with E-state index in [1.54, 1.807) is 6.92 Å². The first-order valence-electron chi connectivity index (χ1n) is 10.9. The zero-order valence-corrected chi connectivity index (χ0v) is 19.5. The first-order chi connectivity index (χ1) is 15.3. The summed E-state index contributed by atoms with van der Waals surface area (Å²) in [7, 11) is -3.55. The van der Waals surface area contributed by atoms with E-state index in [9.17, 15) is 14.3 Å². The number of nitrogens with zero attached hydrogens (tertiary/aromatic N) is 1. The van der Waals surface area contributed by atoms with Crippen molar-refractivity contribution < 1.29 is 23.5 Å². The molecule has 0 aliphatic rings. The van der Waals surface area contributed by atoms with Crippen LogP contribution in [-0.4, -0.2) is 34.7 Å². The highest BCUT2D eigenvalue weighted by Gasteiger charge is 2.19. The van der Waals surface area contributed by atoms with Gasteiger partial charge in [-0.15, -0.1) is 0 Å². The van der Waals surface area contributed by atoms with Crippen LogP contribution in [0.2, 0.25) is 0 Å². The average molecular weight is 458 g/mol. The minimum absolute atomic E-state index is 0.0451. The maximum Gasteiger partial charge on any atom is 0.328 e. The monoisotopic (exact) mass is 458 g/mol. The summed E-state index contributed by atoms with van der Waals surface area (Å²) in [6, 6.07) is 16.0. The van der Waals surface area contributed by atoms with Crippen molar-refractivity contribution in [1.82, 2.24) is 4.57 Å². The highest BCUT2D eigenvalue weighted by atomic mass is 31.2. The number of carbonyl (C=O) groups is 1. The largest absolute Gasteiger partial charge is 0.494 e. The summed E-state index contributed by atoms with van der Waals surface area (Å²) in [5, 5.41) is 0.941. The van der Waals surface area contributed by atoms with Crippen LogP contribution in [0.4, 0.5) is 0 Å². The lowest BCUT2D eigenvalue weighted by molar-refractivity contribution is -0.117. The molecule has 32 heavy (non-hydrogen) atoms. The first kappa shape index (κ1) is 24.1. The summed E-state index contributed by atoms with van der Waals surface area (Å²) in [5.74, 6) is 0.270. The number of hydrogen-bond donors (Lipinski definition) is 2. The van der Waals surface area contributed by atoms with Gasteiger partial charge < -0.3 is 24.5 Å². The SMILES string of the molecule is CCOP(=O)(O)CCCOc1ccc2c(c1)c(CC(N)=O)c(CC)n2Cc1ccccc1. The van der Waals surface area contributed by atoms with Crippen molar-refractivity contribution in [2.45, 2.75) is 39.7 Å². The van der Waals surface area contributed by atoms with E-state index in [4.69, 9.17) is 15.0 Å². The Hall–Kier alpha value is -2.60. The van der Waals surface area contributed by atoms with Crippen LogP contribution in [0.1, 0.15) is 37.1 Å². The molecule has 0 saturated carbocycles. The quantitative estimate of drug-likeness (QED) is 0.312. The summed E-state index contributed by atoms with van der Waals surface area (Å²) < 4.78 is 24.7. The third kappa shape index (κ3) is 6.00. The number of ether oxygens (including phenoxy) is 1. The van der Waals surface area contributed by atoms with Crippen molar-refractivity contribution in [3.8, 4) is 5.75 Å². The van der Waals surface area contributed by atoms with Crippen molar-refractivity contribution in [2.24, 2.45) is 5.73 Å². The van der Waals surface area contributed by atoms with Crippen LogP contribution in [0.25, 0.3) is 10.9 Å². The van der Waals surface area contributed by atoms with Gasteiger partial charge in [0.05, 0.1) is 25.8 Å². The molecular formula is C24H31N2O5P. The summed E-state index contributed by atoms with van der Waals surface area (Å²) >= 11 is 0. The molecule has 0 bridgehead atoms. The van der Waals surface area contributed by atoms with Gasteiger partial charge in [-0.25, -0.2) is 0 Å². The highest BCUT2D eigenvalue weighted by molar-refractivity contribution is 7.52. The van der Waals surface area contributed by atoms with Crippen LogP contribution < -0.4 is 10.5 Å². The van der Waals surface area contributed by atoms with Crippen molar-refractivity contribution in [3.63, 3.8) is 0 Å². The number of rotatable bonds is 12. The van der Waals surface area contributed by atoms with Gasteiger partial charge in [0.2, 0.25) is 5.91 Å². The van der Waals surface area contributed by atoms with Gasteiger partial charge in [-0.3, -0.25) is 9.36 Å². The zero-order valence-electron chi connectivity index (χ0n) is 18.6. The molecule has 0 saturated heterocycles. The molecule has 0 radical (unpaired) electrons. The second kappa shape index (κ2) is 10.8. The van der Waals surface area contributed by atoms with Gasteiger partial charge in [-0.2, -0.15) is 0 Å². The topological polar surface area (TPSA) is 104 Å². The minimum atomic E-state index is -3.55. The predicted octanol–water partition coefficient (Wildman–Crippen LogP) is 4.27. The molecule has 1 aromatic heterocycles. The van der Waals surface area contributed by atoms with E-state index in [0.717, 1.165) is 28.6 Å². The lowest BCUT2D eigenvalue weighted by Gasteiger charge is -2.12. The number of hydrogen-bond acceptors (Lipinski definition) is 4. The van der Waals surface area contributed by atoms with Crippen molar-refractivity contribution in [2.75, 3.05) is 19.4 Å². The number of benzene rings is 2. The van der Waals surface area contributed by atoms with Crippen LogP contribution in [0.3, 0.4) is 0 Å². The normalized spacial score (nSPS) is 13.2. The van der Waals surface area contributed by atoms with E-state index in [0.29, 0.717) is 25.3 Å². The maximum atomic E-state index is 11.8. The zero-order chi connectivity index (χ0) is 23.1. The molecule has 0 fully saturated rings. The fourth-order valence-corrected chi connectivity index (χ4v) is 5.05. The van der Waals surface area contributed by atoms with Crippen LogP contribution in [0, 0.1) is 0 Å². The Kier molecular flexibility index (Phi) is 8.13. The van der Waals surface area contributed by atoms with Crippen LogP contribution in [-0.2, 0) is 33.3 Å². The number of nitrogens with two attached hydrogens (primary N) is 1. The lowest BCUT2D eigenvalue weighted by Crippen LogP contribution is -2.15. The Labute approximate surface area is 188 Å². The van der Waals surface area contributed by atoms with E-state index >= 15 is 0 Å². The lowest BCUT2D eigenvalue weighted by atomic mass is 10.1. The second-order valence-electron chi connectivity index (χ2n) is 7.65. The van der Waals surface area contributed by atoms with E-state index in [1.165, 1.54) is 5.56 Å². The van der Waals surface area contributed by atoms with E-state index < -0.39 is 7.60 Å². The summed E-state index contributed by atoms with van der Waals surface area (Å²) in [5.41, 5.74) is 9.76. The van der Waals surface area contributed by atoms with Crippen molar-refractivity contribution in [3.05, 3.63) is 65.4 Å². The molecule has 3 N–H and O–H groups in total. The van der Waals surface area contributed by atoms with Crippen LogP contribution in [0.15, 0.2) is 48.5 Å². The molecular weight excluding hydrogens is 427 g/mol. The fraction of sp³-hybridized carbons (Fsp3) is 0.375. The van der Waals surface area contributed by atoms with Gasteiger partial charge in [0.15, 0.2) is 0 Å². The maximum absolute atomic E-state index is 11.8. The molecule has 3 aromatic rings. The van der Waals surface area contributed by atoms with Crippen molar-refractivity contribution >= 4 is 24.4 Å². The van der Waals surface area contributed by atoms with E-state index in [2.05, 4.69) is 23.6 Å². The van der Waals surface area contributed by atoms with Crippen LogP contribution in [0.5, 0.6) is 5.75 Å². The molecule has 8 heteroatoms. The van der Waals surface area contributed by atoms with Crippen LogP contribution >= 0.6 is 7.60 Å². The van der Waals surface area contributed by atoms with Gasteiger partial charge in [0, 0.05) is 23.1 Å². The number of primary amides is 1. The molecule has 0 aliphatic carbocycles. The summed E-state index contributed by atoms with van der Waals surface area (Å²) in [6.07, 6.45) is 1.37. The van der Waals surface area contributed by atoms with Crippen molar-refractivity contribution in [1.29, 1.82) is 0 Å². The summed E-state index contributed by atoms with van der Waals surface area (Å²) in [4.78, 5) is 21.5. The molecule has 1 unspecified atom stereocenters. The third-order valence-corrected chi connectivity index (χ3v) is 6.86. The molecule has 7 nitrogen and oxygen atoms in total. The second-order valence-corrected chi connectivity index (χ2v) is 9.63. The first-order valence-corrected chi connectivity index (χ1v) is 12.7. The average Bonchev–Trinajstić information content (AvgIpc) is 3.03.